The van der Waals surface area contributed by atoms with Gasteiger partial charge in [0.1, 0.15) is 5.69 Å². The van der Waals surface area contributed by atoms with Gasteiger partial charge in [-0.25, -0.2) is 9.78 Å². The number of anilines is 1. The Balaban J connectivity index is 2.52. The fourth-order valence-electron chi connectivity index (χ4n) is 1.28. The SMILES string of the molecule is CCCCNC(=O)Nc1cccnc1OCC. The second kappa shape index (κ2) is 7.49. The van der Waals surface area contributed by atoms with E-state index in [0.717, 1.165) is 12.8 Å². The van der Waals surface area contributed by atoms with Crippen LogP contribution in [-0.2, 0) is 0 Å². The number of nitrogens with zero attached hydrogens (tertiary/aromatic N) is 1. The van der Waals surface area contributed by atoms with E-state index in [4.69, 9.17) is 4.74 Å². The van der Waals surface area contributed by atoms with Gasteiger partial charge < -0.3 is 15.4 Å². The minimum Gasteiger partial charge on any atom is -0.476 e. The molecule has 2 N–H and O–H groups in total. The van der Waals surface area contributed by atoms with E-state index < -0.39 is 0 Å². The lowest BCUT2D eigenvalue weighted by Crippen LogP contribution is -2.29. The molecule has 2 amide bonds. The molecule has 0 fully saturated rings. The minimum atomic E-state index is -0.229. The number of urea groups is 1. The highest BCUT2D eigenvalue weighted by Crippen LogP contribution is 2.19. The van der Waals surface area contributed by atoms with Crippen LogP contribution >= 0.6 is 0 Å². The van der Waals surface area contributed by atoms with Crippen molar-refractivity contribution in [3.8, 4) is 5.88 Å². The summed E-state index contributed by atoms with van der Waals surface area (Å²) in [6.45, 7) is 5.14. The molecular formula is C12H19N3O2. The van der Waals surface area contributed by atoms with Gasteiger partial charge in [0.15, 0.2) is 0 Å². The number of nitrogens with one attached hydrogen (secondary N) is 2. The zero-order chi connectivity index (χ0) is 12.5. The summed E-state index contributed by atoms with van der Waals surface area (Å²) >= 11 is 0. The molecule has 17 heavy (non-hydrogen) atoms. The fourth-order valence-corrected chi connectivity index (χ4v) is 1.28. The monoisotopic (exact) mass is 237 g/mol. The van der Waals surface area contributed by atoms with Gasteiger partial charge in [-0.2, -0.15) is 0 Å². The van der Waals surface area contributed by atoms with Gasteiger partial charge in [0.25, 0.3) is 0 Å². The van der Waals surface area contributed by atoms with Crippen molar-refractivity contribution >= 4 is 11.7 Å². The summed E-state index contributed by atoms with van der Waals surface area (Å²) < 4.78 is 5.31. The lowest BCUT2D eigenvalue weighted by atomic mass is 10.3. The summed E-state index contributed by atoms with van der Waals surface area (Å²) in [6.07, 6.45) is 3.65. The first kappa shape index (κ1) is 13.3. The molecule has 0 aliphatic heterocycles. The van der Waals surface area contributed by atoms with Crippen LogP contribution in [0.25, 0.3) is 0 Å². The summed E-state index contributed by atoms with van der Waals surface area (Å²) in [4.78, 5) is 15.6. The summed E-state index contributed by atoms with van der Waals surface area (Å²) in [5.41, 5.74) is 0.586. The van der Waals surface area contributed by atoms with Crippen LogP contribution < -0.4 is 15.4 Å². The van der Waals surface area contributed by atoms with E-state index in [-0.39, 0.29) is 6.03 Å². The molecule has 0 aromatic carbocycles. The Hall–Kier alpha value is -1.78. The van der Waals surface area contributed by atoms with Crippen molar-refractivity contribution in [2.24, 2.45) is 0 Å². The van der Waals surface area contributed by atoms with Crippen LogP contribution in [0, 0.1) is 0 Å². The number of rotatable bonds is 6. The van der Waals surface area contributed by atoms with E-state index in [1.165, 1.54) is 0 Å². The Labute approximate surface area is 102 Å². The van der Waals surface area contributed by atoms with E-state index >= 15 is 0 Å². The molecule has 0 saturated heterocycles. The first-order valence-corrected chi connectivity index (χ1v) is 5.90. The number of pyridine rings is 1. The van der Waals surface area contributed by atoms with Crippen LogP contribution in [0.3, 0.4) is 0 Å². The molecule has 1 aromatic heterocycles. The Kier molecular flexibility index (Phi) is 5.85. The van der Waals surface area contributed by atoms with E-state index in [1.807, 2.05) is 6.92 Å². The number of carbonyl (C=O) groups excluding carboxylic acids is 1. The van der Waals surface area contributed by atoms with Crippen LogP contribution in [0.4, 0.5) is 10.5 Å². The molecule has 0 unspecified atom stereocenters. The smallest absolute Gasteiger partial charge is 0.319 e. The van der Waals surface area contributed by atoms with E-state index in [0.29, 0.717) is 24.7 Å². The first-order chi connectivity index (χ1) is 8.27. The summed E-state index contributed by atoms with van der Waals surface area (Å²) in [5.74, 6) is 0.445. The lowest BCUT2D eigenvalue weighted by molar-refractivity contribution is 0.251. The van der Waals surface area contributed by atoms with Crippen molar-refractivity contribution in [3.05, 3.63) is 18.3 Å². The Morgan fingerprint density at radius 3 is 3.00 bits per heavy atom. The van der Waals surface area contributed by atoms with Crippen LogP contribution in [0.2, 0.25) is 0 Å². The van der Waals surface area contributed by atoms with Gasteiger partial charge in [-0.05, 0) is 25.5 Å². The summed E-state index contributed by atoms with van der Waals surface area (Å²) in [7, 11) is 0. The highest BCUT2D eigenvalue weighted by Gasteiger charge is 2.07. The third kappa shape index (κ3) is 4.72. The zero-order valence-corrected chi connectivity index (χ0v) is 10.3. The second-order valence-corrected chi connectivity index (χ2v) is 3.52. The molecule has 94 valence electrons. The third-order valence-electron chi connectivity index (χ3n) is 2.12. The van der Waals surface area contributed by atoms with Crippen LogP contribution in [0.5, 0.6) is 5.88 Å². The highest BCUT2D eigenvalue weighted by molar-refractivity contribution is 5.90. The maximum absolute atomic E-state index is 11.5. The van der Waals surface area contributed by atoms with Crippen molar-refractivity contribution in [1.82, 2.24) is 10.3 Å². The molecule has 1 heterocycles. The van der Waals surface area contributed by atoms with Gasteiger partial charge in [-0.1, -0.05) is 13.3 Å². The fraction of sp³-hybridized carbons (Fsp3) is 0.500. The van der Waals surface area contributed by atoms with Crippen LogP contribution in [0.15, 0.2) is 18.3 Å². The van der Waals surface area contributed by atoms with Crippen LogP contribution in [0.1, 0.15) is 26.7 Å². The van der Waals surface area contributed by atoms with Crippen LogP contribution in [-0.4, -0.2) is 24.2 Å². The molecule has 5 nitrogen and oxygen atoms in total. The molecule has 0 bridgehead atoms. The molecule has 0 saturated carbocycles. The molecule has 0 atom stereocenters. The van der Waals surface area contributed by atoms with Gasteiger partial charge in [-0.3, -0.25) is 0 Å². The summed E-state index contributed by atoms with van der Waals surface area (Å²) in [5, 5.41) is 5.48. The molecule has 1 aromatic rings. The van der Waals surface area contributed by atoms with Crippen molar-refractivity contribution in [3.63, 3.8) is 0 Å². The van der Waals surface area contributed by atoms with Gasteiger partial charge >= 0.3 is 6.03 Å². The maximum atomic E-state index is 11.5. The van der Waals surface area contributed by atoms with E-state index in [2.05, 4.69) is 22.5 Å². The minimum absolute atomic E-state index is 0.229. The molecule has 5 heteroatoms. The molecule has 0 aliphatic carbocycles. The normalized spacial score (nSPS) is 9.76. The van der Waals surface area contributed by atoms with Crippen molar-refractivity contribution in [2.45, 2.75) is 26.7 Å². The number of hydrogen-bond donors (Lipinski definition) is 2. The predicted octanol–water partition coefficient (Wildman–Crippen LogP) is 2.40. The molecule has 0 radical (unpaired) electrons. The quantitative estimate of drug-likeness (QED) is 0.747. The second-order valence-electron chi connectivity index (χ2n) is 3.52. The number of amides is 2. The number of aromatic nitrogens is 1. The van der Waals surface area contributed by atoms with Gasteiger partial charge in [0.05, 0.1) is 6.61 Å². The average molecular weight is 237 g/mol. The van der Waals surface area contributed by atoms with Crippen molar-refractivity contribution < 1.29 is 9.53 Å². The number of hydrogen-bond acceptors (Lipinski definition) is 3. The first-order valence-electron chi connectivity index (χ1n) is 5.90. The standard InChI is InChI=1S/C12H19N3O2/c1-3-5-8-14-12(16)15-10-7-6-9-13-11(10)17-4-2/h6-7,9H,3-5,8H2,1-2H3,(H2,14,15,16). The number of carbonyl (C=O) groups is 1. The largest absolute Gasteiger partial charge is 0.476 e. The topological polar surface area (TPSA) is 63.2 Å². The molecule has 0 aliphatic rings. The summed E-state index contributed by atoms with van der Waals surface area (Å²) in [6, 6.07) is 3.29. The van der Waals surface area contributed by atoms with Gasteiger partial charge in [-0.15, -0.1) is 0 Å². The van der Waals surface area contributed by atoms with Crippen molar-refractivity contribution in [2.75, 3.05) is 18.5 Å². The Morgan fingerprint density at radius 2 is 2.29 bits per heavy atom. The molecule has 0 spiro atoms. The predicted molar refractivity (Wildman–Crippen MR) is 67.3 cm³/mol. The number of unbranched alkanes of at least 4 members (excludes halogenated alkanes) is 1. The van der Waals surface area contributed by atoms with Gasteiger partial charge in [0.2, 0.25) is 5.88 Å². The maximum Gasteiger partial charge on any atom is 0.319 e. The third-order valence-corrected chi connectivity index (χ3v) is 2.12. The average Bonchev–Trinajstić information content (AvgIpc) is 2.32. The van der Waals surface area contributed by atoms with Crippen molar-refractivity contribution in [1.29, 1.82) is 0 Å². The Bertz CT molecular complexity index is 355. The van der Waals surface area contributed by atoms with E-state index in [9.17, 15) is 4.79 Å². The lowest BCUT2D eigenvalue weighted by Gasteiger charge is -2.10. The molecular weight excluding hydrogens is 218 g/mol. The highest BCUT2D eigenvalue weighted by atomic mass is 16.5. The zero-order valence-electron chi connectivity index (χ0n) is 10.3. The Morgan fingerprint density at radius 1 is 1.47 bits per heavy atom. The van der Waals surface area contributed by atoms with Gasteiger partial charge in [0, 0.05) is 12.7 Å². The molecule has 1 rings (SSSR count). The van der Waals surface area contributed by atoms with E-state index in [1.54, 1.807) is 18.3 Å². The number of ether oxygens (including phenoxy) is 1.